The molecule has 0 aromatic heterocycles. The molecule has 1 aromatic rings. The molecular weight excluding hydrogens is 513 g/mol. The molecule has 1 saturated carbocycles. The molecule has 39 heavy (non-hydrogen) atoms. The van der Waals surface area contributed by atoms with Crippen LogP contribution in [0.1, 0.15) is 29.5 Å². The van der Waals surface area contributed by atoms with Crippen LogP contribution in [0.25, 0.3) is 5.76 Å². The van der Waals surface area contributed by atoms with E-state index in [0.29, 0.717) is 25.7 Å². The molecule has 0 bridgehead atoms. The molecule has 1 unspecified atom stereocenters. The Hall–Kier alpha value is -3.32. The number of carbonyl (C=O) groups is 3. The summed E-state index contributed by atoms with van der Waals surface area (Å²) in [5, 5.41) is 47.6. The third kappa shape index (κ3) is 4.05. The van der Waals surface area contributed by atoms with Crippen LogP contribution in [-0.4, -0.2) is 88.3 Å². The van der Waals surface area contributed by atoms with Gasteiger partial charge in [0.2, 0.25) is 5.78 Å². The summed E-state index contributed by atoms with van der Waals surface area (Å²) in [7, 11) is 3.03. The zero-order valence-corrected chi connectivity index (χ0v) is 21.7. The number of likely N-dealkylation sites (N-methyl/N-ethyl adjacent to an activating group) is 1. The fourth-order valence-corrected chi connectivity index (χ4v) is 6.63. The molecule has 2 fully saturated rings. The normalized spacial score (nSPS) is 30.5. The smallest absolute Gasteiger partial charge is 0.255 e. The van der Waals surface area contributed by atoms with E-state index >= 15 is 4.39 Å². The van der Waals surface area contributed by atoms with Gasteiger partial charge in [-0.15, -0.1) is 0 Å². The largest absolute Gasteiger partial charge is 0.508 e. The van der Waals surface area contributed by atoms with Gasteiger partial charge in [-0.25, -0.2) is 4.39 Å². The van der Waals surface area contributed by atoms with E-state index in [1.54, 1.807) is 0 Å². The summed E-state index contributed by atoms with van der Waals surface area (Å²) in [6, 6.07) is -0.0196. The molecule has 5 rings (SSSR count). The van der Waals surface area contributed by atoms with Crippen molar-refractivity contribution in [1.82, 2.24) is 10.2 Å². The molecule has 0 radical (unpaired) electrons. The summed E-state index contributed by atoms with van der Waals surface area (Å²) in [5.74, 6) is -7.98. The minimum atomic E-state index is -2.73. The number of phenolic OH excluding ortho intramolecular Hbond substituents is 1. The number of aromatic hydroxyl groups is 1. The lowest BCUT2D eigenvalue weighted by atomic mass is 9.57. The Morgan fingerprint density at radius 1 is 1.28 bits per heavy atom. The maximum absolute atomic E-state index is 15.7. The number of nitrogens with zero attached hydrogens (tertiary/aromatic N) is 1. The van der Waals surface area contributed by atoms with Gasteiger partial charge in [0.1, 0.15) is 28.7 Å². The van der Waals surface area contributed by atoms with E-state index in [1.807, 2.05) is 0 Å². The lowest BCUT2D eigenvalue weighted by molar-refractivity contribution is -0.153. The number of carbonyl (C=O) groups excluding carboxylic acids is 3. The quantitative estimate of drug-likeness (QED) is 0.271. The highest BCUT2D eigenvalue weighted by atomic mass is 19.1. The average molecular weight is 546 g/mol. The number of aliphatic hydroxyl groups is 3. The van der Waals surface area contributed by atoms with Crippen molar-refractivity contribution in [2.24, 2.45) is 23.5 Å². The van der Waals surface area contributed by atoms with Crippen LogP contribution in [0.15, 0.2) is 23.0 Å². The van der Waals surface area contributed by atoms with Gasteiger partial charge in [0.25, 0.3) is 5.91 Å². The van der Waals surface area contributed by atoms with Gasteiger partial charge < -0.3 is 36.2 Å². The number of ketones is 2. The monoisotopic (exact) mass is 545 g/mol. The maximum atomic E-state index is 15.7. The van der Waals surface area contributed by atoms with E-state index in [0.717, 1.165) is 6.42 Å². The number of primary amides is 1. The summed E-state index contributed by atoms with van der Waals surface area (Å²) >= 11 is 0. The second-order valence-electron chi connectivity index (χ2n) is 11.0. The number of amides is 1. The maximum Gasteiger partial charge on any atom is 0.255 e. The number of aliphatic hydroxyl groups excluding tert-OH is 2. The van der Waals surface area contributed by atoms with Gasteiger partial charge in [0, 0.05) is 42.3 Å². The lowest BCUT2D eigenvalue weighted by Gasteiger charge is -2.50. The fraction of sp³-hybridized carbons (Fsp3) is 0.519. The van der Waals surface area contributed by atoms with Gasteiger partial charge in [-0.3, -0.25) is 19.3 Å². The van der Waals surface area contributed by atoms with E-state index < -0.39 is 69.6 Å². The van der Waals surface area contributed by atoms with Crippen molar-refractivity contribution in [2.45, 2.75) is 37.5 Å². The number of rotatable bonds is 6. The summed E-state index contributed by atoms with van der Waals surface area (Å²) in [6.07, 6.45) is 0.700. The number of benzene rings is 1. The van der Waals surface area contributed by atoms with E-state index in [1.165, 1.54) is 25.1 Å². The minimum Gasteiger partial charge on any atom is -0.508 e. The Balaban J connectivity index is 1.56. The van der Waals surface area contributed by atoms with Crippen LogP contribution in [0.3, 0.4) is 0 Å². The van der Waals surface area contributed by atoms with E-state index in [2.05, 4.69) is 5.32 Å². The molecule has 1 aliphatic heterocycles. The SMILES string of the molecule is CN(C)[C@@H]1C(=O)C(C(N)=O)=C(O)[C@@]2(O)C(=O)C3=C(O)c4c(O)cc(CNCC5CCOC5)c(F)c4C[C@H]3C[C@@H]12. The third-order valence-electron chi connectivity index (χ3n) is 8.50. The first-order valence-corrected chi connectivity index (χ1v) is 12.9. The van der Waals surface area contributed by atoms with Crippen molar-refractivity contribution in [3.63, 3.8) is 0 Å². The molecule has 1 aromatic carbocycles. The molecule has 7 N–H and O–H groups in total. The van der Waals surface area contributed by atoms with Crippen LogP contribution in [0.5, 0.6) is 5.75 Å². The van der Waals surface area contributed by atoms with Gasteiger partial charge in [0.05, 0.1) is 18.2 Å². The molecule has 4 aliphatic rings. The van der Waals surface area contributed by atoms with Crippen LogP contribution >= 0.6 is 0 Å². The van der Waals surface area contributed by atoms with Gasteiger partial charge in [-0.05, 0) is 51.3 Å². The number of hydrogen-bond donors (Lipinski definition) is 6. The Morgan fingerprint density at radius 3 is 2.62 bits per heavy atom. The third-order valence-corrected chi connectivity index (χ3v) is 8.50. The van der Waals surface area contributed by atoms with Crippen molar-refractivity contribution < 1.29 is 43.9 Å². The first kappa shape index (κ1) is 27.3. The van der Waals surface area contributed by atoms with E-state index in [9.17, 15) is 34.8 Å². The first-order chi connectivity index (χ1) is 18.4. The van der Waals surface area contributed by atoms with Crippen molar-refractivity contribution in [3.05, 3.63) is 45.5 Å². The highest BCUT2D eigenvalue weighted by molar-refractivity contribution is 6.24. The molecule has 210 valence electrons. The van der Waals surface area contributed by atoms with Crippen LogP contribution in [0.2, 0.25) is 0 Å². The number of phenols is 1. The standard InChI is InChI=1S/C27H32FN3O8/c1-31(2)21-15-6-12-5-14-18(16(32)7-13(20(14)28)9-30-8-11-3-4-39-10-11)22(33)17(12)24(35)27(15,38)25(36)19(23(21)34)26(29)37/h7,11-12,15,21,30,32-33,36,38H,3-6,8-10H2,1-2H3,(H2,29,37)/t11?,12-,15-,21-,27-/m0/s1. The zero-order valence-electron chi connectivity index (χ0n) is 21.7. The van der Waals surface area contributed by atoms with Crippen molar-refractivity contribution in [3.8, 4) is 5.75 Å². The topological polar surface area (TPSA) is 183 Å². The molecular formula is C27H32FN3O8. The number of nitrogens with one attached hydrogen (secondary N) is 1. The molecule has 5 atom stereocenters. The second-order valence-corrected chi connectivity index (χ2v) is 11.0. The average Bonchev–Trinajstić information content (AvgIpc) is 3.37. The lowest BCUT2D eigenvalue weighted by Crippen LogP contribution is -2.65. The summed E-state index contributed by atoms with van der Waals surface area (Å²) in [5.41, 5.74) is 1.32. The van der Waals surface area contributed by atoms with Gasteiger partial charge >= 0.3 is 0 Å². The van der Waals surface area contributed by atoms with Crippen molar-refractivity contribution in [1.29, 1.82) is 0 Å². The zero-order chi connectivity index (χ0) is 28.4. The molecule has 3 aliphatic carbocycles. The molecule has 1 amide bonds. The van der Waals surface area contributed by atoms with Gasteiger partial charge in [0.15, 0.2) is 11.4 Å². The van der Waals surface area contributed by atoms with Crippen LogP contribution < -0.4 is 11.1 Å². The Labute approximate surface area is 223 Å². The minimum absolute atomic E-state index is 0.0154. The van der Waals surface area contributed by atoms with Crippen LogP contribution in [0.4, 0.5) is 4.39 Å². The molecule has 1 heterocycles. The van der Waals surface area contributed by atoms with Crippen molar-refractivity contribution in [2.75, 3.05) is 33.9 Å². The first-order valence-electron chi connectivity index (χ1n) is 12.9. The van der Waals surface area contributed by atoms with Crippen LogP contribution in [-0.2, 0) is 32.1 Å². The Morgan fingerprint density at radius 2 is 2.00 bits per heavy atom. The molecule has 1 saturated heterocycles. The van der Waals surface area contributed by atoms with Crippen LogP contribution in [0, 0.1) is 23.6 Å². The molecule has 0 spiro atoms. The highest BCUT2D eigenvalue weighted by Gasteiger charge is 2.64. The Kier molecular flexibility index (Phi) is 6.78. The summed E-state index contributed by atoms with van der Waals surface area (Å²) in [4.78, 5) is 40.4. The van der Waals surface area contributed by atoms with Crippen molar-refractivity contribution >= 4 is 23.2 Å². The number of hydrogen-bond acceptors (Lipinski definition) is 10. The number of halogens is 1. The van der Waals surface area contributed by atoms with E-state index in [-0.39, 0.29) is 41.6 Å². The van der Waals surface area contributed by atoms with Gasteiger partial charge in [-0.2, -0.15) is 0 Å². The number of fused-ring (bicyclic) bond motifs is 3. The molecule has 12 heteroatoms. The fourth-order valence-electron chi connectivity index (χ4n) is 6.63. The predicted molar refractivity (Wildman–Crippen MR) is 135 cm³/mol. The number of Topliss-reactive ketones (excluding diaryl/α,β-unsaturated/α-hetero) is 2. The summed E-state index contributed by atoms with van der Waals surface area (Å²) in [6.45, 7) is 2.03. The highest BCUT2D eigenvalue weighted by Crippen LogP contribution is 2.53. The second kappa shape index (κ2) is 9.70. The predicted octanol–water partition coefficient (Wildman–Crippen LogP) is 0.229. The number of nitrogens with two attached hydrogens (primary N) is 1. The van der Waals surface area contributed by atoms with Gasteiger partial charge in [-0.1, -0.05) is 0 Å². The van der Waals surface area contributed by atoms with E-state index in [4.69, 9.17) is 10.5 Å². The Bertz CT molecular complexity index is 1330. The summed E-state index contributed by atoms with van der Waals surface area (Å²) < 4.78 is 21.1. The molecule has 11 nitrogen and oxygen atoms in total. The number of ether oxygens (including phenoxy) is 1.